The van der Waals surface area contributed by atoms with Gasteiger partial charge in [-0.05, 0) is 53.1 Å². The third-order valence-corrected chi connectivity index (χ3v) is 3.75. The van der Waals surface area contributed by atoms with Crippen molar-refractivity contribution in [2.75, 3.05) is 0 Å². The molecule has 0 nitrogen and oxygen atoms in total. The fourth-order valence-electron chi connectivity index (χ4n) is 1.26. The zero-order valence-corrected chi connectivity index (χ0v) is 10.2. The van der Waals surface area contributed by atoms with E-state index >= 15 is 0 Å². The van der Waals surface area contributed by atoms with Gasteiger partial charge in [0.25, 0.3) is 0 Å². The molecule has 0 N–H and O–H groups in total. The van der Waals surface area contributed by atoms with Gasteiger partial charge in [0.1, 0.15) is 0 Å². The van der Waals surface area contributed by atoms with Crippen LogP contribution in [0.5, 0.6) is 0 Å². The maximum Gasteiger partial charge on any atom is 0.0353 e. The minimum atomic E-state index is 1.32. The van der Waals surface area contributed by atoms with E-state index in [1.807, 2.05) is 0 Å². The Kier molecular flexibility index (Phi) is 2.69. The molecule has 2 aromatic rings. The Morgan fingerprint density at radius 1 is 1.23 bits per heavy atom. The smallest absolute Gasteiger partial charge is 0.0353 e. The van der Waals surface area contributed by atoms with Crippen LogP contribution in [0.4, 0.5) is 0 Å². The monoisotopic (exact) mass is 300 g/mol. The highest BCUT2D eigenvalue weighted by atomic mass is 127. The Balaban J connectivity index is 2.57. The van der Waals surface area contributed by atoms with Gasteiger partial charge in [-0.3, -0.25) is 0 Å². The fraction of sp³-hybridized carbons (Fsp3) is 0.0909. The standard InChI is InChI=1S/C11H9IS/c1-8-4-5-10(12)9(7-8)11-3-2-6-13-11/h2-7H,1H3. The first-order chi connectivity index (χ1) is 6.27. The molecule has 13 heavy (non-hydrogen) atoms. The van der Waals surface area contributed by atoms with Gasteiger partial charge in [-0.2, -0.15) is 0 Å². The van der Waals surface area contributed by atoms with Crippen molar-refractivity contribution < 1.29 is 0 Å². The van der Waals surface area contributed by atoms with Gasteiger partial charge in [0.15, 0.2) is 0 Å². The van der Waals surface area contributed by atoms with Crippen molar-refractivity contribution >= 4 is 33.9 Å². The van der Waals surface area contributed by atoms with Gasteiger partial charge in [0.05, 0.1) is 0 Å². The van der Waals surface area contributed by atoms with Crippen LogP contribution in [0.25, 0.3) is 10.4 Å². The highest BCUT2D eigenvalue weighted by Crippen LogP contribution is 2.29. The molecule has 0 bridgehead atoms. The van der Waals surface area contributed by atoms with Crippen molar-refractivity contribution in [1.82, 2.24) is 0 Å². The predicted octanol–water partition coefficient (Wildman–Crippen LogP) is 4.33. The van der Waals surface area contributed by atoms with E-state index in [4.69, 9.17) is 0 Å². The Bertz CT molecular complexity index is 404. The van der Waals surface area contributed by atoms with Crippen LogP contribution in [-0.2, 0) is 0 Å². The molecule has 0 aliphatic heterocycles. The topological polar surface area (TPSA) is 0 Å². The average Bonchev–Trinajstić information content (AvgIpc) is 2.61. The SMILES string of the molecule is Cc1ccc(I)c(-c2cccs2)c1. The summed E-state index contributed by atoms with van der Waals surface area (Å²) < 4.78 is 1.32. The summed E-state index contributed by atoms with van der Waals surface area (Å²) in [6, 6.07) is 10.8. The van der Waals surface area contributed by atoms with Gasteiger partial charge < -0.3 is 0 Å². The summed E-state index contributed by atoms with van der Waals surface area (Å²) in [6.45, 7) is 2.13. The molecule has 0 fully saturated rings. The first-order valence-corrected chi connectivity index (χ1v) is 6.03. The third kappa shape index (κ3) is 1.94. The van der Waals surface area contributed by atoms with Gasteiger partial charge in [-0.25, -0.2) is 0 Å². The zero-order chi connectivity index (χ0) is 9.26. The number of aryl methyl sites for hydroxylation is 1. The number of thiophene rings is 1. The first kappa shape index (κ1) is 9.21. The van der Waals surface area contributed by atoms with E-state index in [0.29, 0.717) is 0 Å². The Labute approximate surface area is 95.8 Å². The molecule has 0 spiro atoms. The van der Waals surface area contributed by atoms with Gasteiger partial charge in [-0.1, -0.05) is 17.7 Å². The van der Waals surface area contributed by atoms with E-state index in [0.717, 1.165) is 0 Å². The second-order valence-electron chi connectivity index (χ2n) is 2.96. The molecule has 2 heteroatoms. The second kappa shape index (κ2) is 3.80. The molecule has 1 aromatic carbocycles. The Hall–Kier alpha value is -0.350. The van der Waals surface area contributed by atoms with Crippen LogP contribution in [0, 0.1) is 10.5 Å². The van der Waals surface area contributed by atoms with Gasteiger partial charge in [-0.15, -0.1) is 11.3 Å². The molecule has 0 radical (unpaired) electrons. The Morgan fingerprint density at radius 2 is 2.08 bits per heavy atom. The van der Waals surface area contributed by atoms with E-state index in [1.165, 1.54) is 19.6 Å². The molecule has 66 valence electrons. The Morgan fingerprint density at radius 3 is 2.77 bits per heavy atom. The fourth-order valence-corrected chi connectivity index (χ4v) is 2.83. The zero-order valence-electron chi connectivity index (χ0n) is 7.25. The van der Waals surface area contributed by atoms with Crippen molar-refractivity contribution in [3.05, 3.63) is 44.8 Å². The summed E-state index contributed by atoms with van der Waals surface area (Å²) in [5.41, 5.74) is 2.68. The summed E-state index contributed by atoms with van der Waals surface area (Å²) in [4.78, 5) is 1.35. The maximum atomic E-state index is 2.38. The molecule has 0 aliphatic carbocycles. The molecule has 0 saturated heterocycles. The second-order valence-corrected chi connectivity index (χ2v) is 5.07. The van der Waals surface area contributed by atoms with Crippen molar-refractivity contribution in [2.45, 2.75) is 6.92 Å². The van der Waals surface area contributed by atoms with Crippen molar-refractivity contribution in [2.24, 2.45) is 0 Å². The number of hydrogen-bond donors (Lipinski definition) is 0. The predicted molar refractivity (Wildman–Crippen MR) is 67.2 cm³/mol. The molecule has 0 saturated carbocycles. The quantitative estimate of drug-likeness (QED) is 0.688. The molecule has 2 rings (SSSR count). The summed E-state index contributed by atoms with van der Waals surface area (Å²) in [5.74, 6) is 0. The van der Waals surface area contributed by atoms with Gasteiger partial charge in [0.2, 0.25) is 0 Å². The van der Waals surface area contributed by atoms with E-state index in [2.05, 4.69) is 65.2 Å². The van der Waals surface area contributed by atoms with Crippen molar-refractivity contribution in [3.8, 4) is 10.4 Å². The lowest BCUT2D eigenvalue weighted by Gasteiger charge is -2.02. The molecular formula is C11H9IS. The normalized spacial score (nSPS) is 10.3. The van der Waals surface area contributed by atoms with Gasteiger partial charge in [0, 0.05) is 14.0 Å². The minimum absolute atomic E-state index is 1.32. The average molecular weight is 300 g/mol. The van der Waals surface area contributed by atoms with E-state index in [1.54, 1.807) is 11.3 Å². The summed E-state index contributed by atoms with van der Waals surface area (Å²) in [5, 5.41) is 2.12. The van der Waals surface area contributed by atoms with Crippen LogP contribution >= 0.6 is 33.9 Å². The summed E-state index contributed by atoms with van der Waals surface area (Å²) >= 11 is 4.18. The van der Waals surface area contributed by atoms with Crippen LogP contribution in [0.15, 0.2) is 35.7 Å². The summed E-state index contributed by atoms with van der Waals surface area (Å²) in [7, 11) is 0. The first-order valence-electron chi connectivity index (χ1n) is 4.07. The lowest BCUT2D eigenvalue weighted by molar-refractivity contribution is 1.46. The molecule has 1 heterocycles. The van der Waals surface area contributed by atoms with Crippen LogP contribution in [-0.4, -0.2) is 0 Å². The van der Waals surface area contributed by atoms with Crippen molar-refractivity contribution in [3.63, 3.8) is 0 Å². The lowest BCUT2D eigenvalue weighted by atomic mass is 10.1. The number of benzene rings is 1. The number of rotatable bonds is 1. The van der Waals surface area contributed by atoms with E-state index in [9.17, 15) is 0 Å². The molecule has 1 aromatic heterocycles. The van der Waals surface area contributed by atoms with E-state index < -0.39 is 0 Å². The lowest BCUT2D eigenvalue weighted by Crippen LogP contribution is -1.80. The maximum absolute atomic E-state index is 2.38. The van der Waals surface area contributed by atoms with Gasteiger partial charge >= 0.3 is 0 Å². The minimum Gasteiger partial charge on any atom is -0.144 e. The number of hydrogen-bond acceptors (Lipinski definition) is 1. The highest BCUT2D eigenvalue weighted by molar-refractivity contribution is 14.1. The summed E-state index contributed by atoms with van der Waals surface area (Å²) in [6.07, 6.45) is 0. The largest absolute Gasteiger partial charge is 0.144 e. The van der Waals surface area contributed by atoms with Crippen LogP contribution in [0.3, 0.4) is 0 Å². The molecular weight excluding hydrogens is 291 g/mol. The highest BCUT2D eigenvalue weighted by Gasteiger charge is 2.03. The molecule has 0 unspecified atom stereocenters. The van der Waals surface area contributed by atoms with E-state index in [-0.39, 0.29) is 0 Å². The molecule has 0 aliphatic rings. The molecule has 0 atom stereocenters. The third-order valence-electron chi connectivity index (χ3n) is 1.91. The molecule has 0 amide bonds. The van der Waals surface area contributed by atoms with Crippen LogP contribution < -0.4 is 0 Å². The van der Waals surface area contributed by atoms with Crippen LogP contribution in [0.2, 0.25) is 0 Å². The number of halogens is 1. The van der Waals surface area contributed by atoms with Crippen LogP contribution in [0.1, 0.15) is 5.56 Å². The van der Waals surface area contributed by atoms with Crippen molar-refractivity contribution in [1.29, 1.82) is 0 Å².